The Morgan fingerprint density at radius 2 is 0.964 bits per heavy atom. The molecule has 3 aromatic heterocycles. The Hall–Kier alpha value is -6.14. The summed E-state index contributed by atoms with van der Waals surface area (Å²) in [4.78, 5) is 15.8. The first-order valence-corrected chi connectivity index (χ1v) is 19.5. The van der Waals surface area contributed by atoms with E-state index in [2.05, 4.69) is 42.5 Å². The van der Waals surface area contributed by atoms with Crippen LogP contribution in [0.2, 0.25) is 0 Å². The van der Waals surface area contributed by atoms with Crippen molar-refractivity contribution in [3.05, 3.63) is 139 Å². The normalized spacial score (nSPS) is 21.7. The molecule has 266 valence electrons. The molecule has 9 aromatic rings. The van der Waals surface area contributed by atoms with Crippen molar-refractivity contribution in [3.63, 3.8) is 0 Å². The second-order valence-corrected chi connectivity index (χ2v) is 16.3. The van der Waals surface area contributed by atoms with Crippen LogP contribution in [-0.2, 0) is 5.41 Å². The Balaban J connectivity index is 1.11. The highest BCUT2D eigenvalue weighted by atomic mass is 19.1. The van der Waals surface area contributed by atoms with Gasteiger partial charge in [0.25, 0.3) is 0 Å². The van der Waals surface area contributed by atoms with Crippen LogP contribution in [0.3, 0.4) is 0 Å². The smallest absolute Gasteiger partial charge is 0.167 e. The van der Waals surface area contributed by atoms with Gasteiger partial charge in [-0.3, -0.25) is 0 Å². The van der Waals surface area contributed by atoms with Gasteiger partial charge in [-0.05, 0) is 121 Å². The number of nitrogens with zero attached hydrogens (tertiary/aromatic N) is 3. The molecular weight excluding hydrogens is 682 g/mol. The highest BCUT2D eigenvalue weighted by Gasteiger charge is 2.51. The van der Waals surface area contributed by atoms with Crippen molar-refractivity contribution >= 4 is 43.9 Å². The van der Waals surface area contributed by atoms with Gasteiger partial charge in [-0.2, -0.15) is 0 Å². The molecule has 55 heavy (non-hydrogen) atoms. The van der Waals surface area contributed by atoms with E-state index in [1.165, 1.54) is 44.1 Å². The summed E-state index contributed by atoms with van der Waals surface area (Å²) in [6.07, 6.45) is 7.91. The number of halogens is 1. The number of aromatic nitrogens is 3. The average molecular weight is 718 g/mol. The molecule has 5 nitrogen and oxygen atoms in total. The summed E-state index contributed by atoms with van der Waals surface area (Å²) in [7, 11) is 0. The third-order valence-corrected chi connectivity index (χ3v) is 13.0. The number of fused-ring (bicyclic) bond motifs is 6. The summed E-state index contributed by atoms with van der Waals surface area (Å²) < 4.78 is 27.5. The molecule has 4 saturated carbocycles. The summed E-state index contributed by atoms with van der Waals surface area (Å²) in [5, 5.41) is 4.09. The summed E-state index contributed by atoms with van der Waals surface area (Å²) in [5.74, 6) is 3.74. The lowest BCUT2D eigenvalue weighted by atomic mass is 9.48. The first-order valence-electron chi connectivity index (χ1n) is 19.5. The van der Waals surface area contributed by atoms with Gasteiger partial charge in [0.05, 0.1) is 11.1 Å². The maximum atomic E-state index is 14.4. The van der Waals surface area contributed by atoms with Crippen molar-refractivity contribution in [2.24, 2.45) is 17.8 Å². The highest BCUT2D eigenvalue weighted by Crippen LogP contribution is 2.61. The molecule has 0 amide bonds. The first kappa shape index (κ1) is 31.2. The predicted octanol–water partition coefficient (Wildman–Crippen LogP) is 12.9. The molecule has 13 rings (SSSR count). The minimum absolute atomic E-state index is 0.186. The van der Waals surface area contributed by atoms with Gasteiger partial charge in [0.15, 0.2) is 17.5 Å². The van der Waals surface area contributed by atoms with Gasteiger partial charge < -0.3 is 8.83 Å². The molecule has 6 aromatic carbocycles. The van der Waals surface area contributed by atoms with Gasteiger partial charge in [0.1, 0.15) is 28.1 Å². The minimum Gasteiger partial charge on any atom is -0.455 e. The second kappa shape index (κ2) is 11.7. The zero-order chi connectivity index (χ0) is 36.3. The molecule has 3 heterocycles. The maximum Gasteiger partial charge on any atom is 0.167 e. The molecule has 0 unspecified atom stereocenters. The Morgan fingerprint density at radius 1 is 0.473 bits per heavy atom. The molecule has 4 bridgehead atoms. The van der Waals surface area contributed by atoms with Crippen LogP contribution in [0.15, 0.2) is 136 Å². The third-order valence-electron chi connectivity index (χ3n) is 13.0. The number of furan rings is 2. The Kier molecular flexibility index (Phi) is 6.63. The number of hydrogen-bond donors (Lipinski definition) is 0. The van der Waals surface area contributed by atoms with Crippen molar-refractivity contribution in [2.45, 2.75) is 43.9 Å². The molecule has 0 radical (unpaired) electrons. The van der Waals surface area contributed by atoms with Crippen molar-refractivity contribution in [2.75, 3.05) is 0 Å². The van der Waals surface area contributed by atoms with E-state index in [9.17, 15) is 4.39 Å². The molecule has 6 heteroatoms. The number of para-hydroxylation sites is 4. The fourth-order valence-corrected chi connectivity index (χ4v) is 11.0. The molecule has 4 aliphatic rings. The van der Waals surface area contributed by atoms with Crippen molar-refractivity contribution < 1.29 is 13.2 Å². The topological polar surface area (TPSA) is 65.0 Å². The van der Waals surface area contributed by atoms with Gasteiger partial charge in [-0.25, -0.2) is 19.3 Å². The number of hydrogen-bond acceptors (Lipinski definition) is 5. The summed E-state index contributed by atoms with van der Waals surface area (Å²) in [5.41, 5.74) is 9.02. The highest BCUT2D eigenvalue weighted by molar-refractivity contribution is 6.10. The Morgan fingerprint density at radius 3 is 1.51 bits per heavy atom. The predicted molar refractivity (Wildman–Crippen MR) is 216 cm³/mol. The van der Waals surface area contributed by atoms with E-state index < -0.39 is 0 Å². The Labute approximate surface area is 316 Å². The van der Waals surface area contributed by atoms with Crippen LogP contribution < -0.4 is 0 Å². The largest absolute Gasteiger partial charge is 0.455 e. The van der Waals surface area contributed by atoms with Gasteiger partial charge in [0.2, 0.25) is 0 Å². The van der Waals surface area contributed by atoms with Crippen LogP contribution >= 0.6 is 0 Å². The fraction of sp³-hybridized carbons (Fsp3) is 0.204. The zero-order valence-corrected chi connectivity index (χ0v) is 30.1. The maximum absolute atomic E-state index is 14.4. The zero-order valence-electron chi connectivity index (χ0n) is 30.1. The van der Waals surface area contributed by atoms with Gasteiger partial charge in [0, 0.05) is 27.1 Å². The van der Waals surface area contributed by atoms with Crippen LogP contribution in [0.5, 0.6) is 0 Å². The quantitative estimate of drug-likeness (QED) is 0.177. The van der Waals surface area contributed by atoms with E-state index in [1.807, 2.05) is 72.8 Å². The molecule has 0 aliphatic heterocycles. The number of benzene rings is 6. The number of rotatable bonds is 5. The van der Waals surface area contributed by atoms with Crippen molar-refractivity contribution in [3.8, 4) is 45.3 Å². The summed E-state index contributed by atoms with van der Waals surface area (Å²) in [6, 6.07) is 42.2. The lowest BCUT2D eigenvalue weighted by Crippen LogP contribution is -2.48. The minimum atomic E-state index is -0.259. The van der Waals surface area contributed by atoms with E-state index in [1.54, 1.807) is 12.1 Å². The van der Waals surface area contributed by atoms with Gasteiger partial charge in [-0.15, -0.1) is 0 Å². The fourth-order valence-electron chi connectivity index (χ4n) is 11.0. The molecule has 4 aliphatic carbocycles. The van der Waals surface area contributed by atoms with E-state index >= 15 is 0 Å². The van der Waals surface area contributed by atoms with Gasteiger partial charge in [-0.1, -0.05) is 84.9 Å². The van der Waals surface area contributed by atoms with E-state index in [4.69, 9.17) is 23.8 Å². The third kappa shape index (κ3) is 4.86. The van der Waals surface area contributed by atoms with Crippen LogP contribution in [-0.4, -0.2) is 15.0 Å². The SMILES string of the molecule is Fc1ccc(-c2cc(C34CC5CC(CC(C5)C3)C4)ccc2-c2nc(-c3cccc4c3oc3ccccc34)nc(-c3cccc4c3oc3ccccc34)n2)cc1. The van der Waals surface area contributed by atoms with Crippen LogP contribution in [0.4, 0.5) is 4.39 Å². The summed E-state index contributed by atoms with van der Waals surface area (Å²) >= 11 is 0. The standard InChI is InChI=1S/C49H36FN3O2/c50-33-18-15-31(16-19-33)41-24-32(49-25-28-21-29(26-49)23-30(22-28)27-49)17-20-38(41)46-51-47(39-11-5-9-36-34-7-1-3-13-42(34)54-44(36)39)53-48(52-46)40-12-6-10-37-35-8-2-4-14-43(35)55-45(37)40/h1-20,24,28-30H,21-23,25-27H2. The molecule has 0 N–H and O–H groups in total. The lowest BCUT2D eigenvalue weighted by Gasteiger charge is -2.57. The first-order chi connectivity index (χ1) is 27.0. The van der Waals surface area contributed by atoms with Crippen molar-refractivity contribution in [1.82, 2.24) is 15.0 Å². The Bertz CT molecular complexity index is 2830. The van der Waals surface area contributed by atoms with Crippen LogP contribution in [0.25, 0.3) is 89.2 Å². The van der Waals surface area contributed by atoms with E-state index in [0.29, 0.717) is 17.5 Å². The van der Waals surface area contributed by atoms with E-state index in [-0.39, 0.29) is 11.2 Å². The molecule has 4 fully saturated rings. The molecule has 0 saturated heterocycles. The van der Waals surface area contributed by atoms with Crippen LogP contribution in [0.1, 0.15) is 44.1 Å². The monoisotopic (exact) mass is 717 g/mol. The summed E-state index contributed by atoms with van der Waals surface area (Å²) in [6.45, 7) is 0. The second-order valence-electron chi connectivity index (χ2n) is 16.3. The van der Waals surface area contributed by atoms with Crippen LogP contribution in [0, 0.1) is 23.6 Å². The average Bonchev–Trinajstić information content (AvgIpc) is 3.79. The van der Waals surface area contributed by atoms with Gasteiger partial charge >= 0.3 is 0 Å². The molecular formula is C49H36FN3O2. The molecule has 0 atom stereocenters. The lowest BCUT2D eigenvalue weighted by molar-refractivity contribution is -0.00516. The van der Waals surface area contributed by atoms with Crippen molar-refractivity contribution in [1.29, 1.82) is 0 Å². The van der Waals surface area contributed by atoms with E-state index in [0.717, 1.165) is 89.4 Å². The molecule has 0 spiro atoms.